The van der Waals surface area contributed by atoms with Crippen molar-refractivity contribution in [3.05, 3.63) is 29.3 Å². The Balaban J connectivity index is 2.39. The second kappa shape index (κ2) is 12.9. The Hall–Kier alpha value is -2.45. The largest absolute Gasteiger partial charge is 0.484 e. The predicted molar refractivity (Wildman–Crippen MR) is 106 cm³/mol. The highest BCUT2D eigenvalue weighted by molar-refractivity contribution is 5.79. The van der Waals surface area contributed by atoms with E-state index in [1.807, 2.05) is 6.07 Å². The van der Waals surface area contributed by atoms with Crippen LogP contribution in [-0.2, 0) is 16.1 Å². The molecule has 2 N–H and O–H groups in total. The molecule has 0 aliphatic carbocycles. The van der Waals surface area contributed by atoms with E-state index in [0.29, 0.717) is 24.5 Å². The van der Waals surface area contributed by atoms with Crippen LogP contribution in [0.2, 0.25) is 0 Å². The Morgan fingerprint density at radius 1 is 1.14 bits per heavy atom. The number of guanidine groups is 1. The number of carbonyl (C=O) groups excluding carboxylic acids is 1. The second-order valence-corrected chi connectivity index (χ2v) is 6.61. The molecule has 0 saturated carbocycles. The number of methoxy groups -OCH3 is 1. The molecule has 0 heterocycles. The molecule has 9 heteroatoms. The highest BCUT2D eigenvalue weighted by atomic mass is 19.4. The van der Waals surface area contributed by atoms with E-state index in [1.54, 1.807) is 26.1 Å². The first kappa shape index (κ1) is 24.6. The maximum absolute atomic E-state index is 12.5. The van der Waals surface area contributed by atoms with E-state index in [1.165, 1.54) is 7.11 Å². The van der Waals surface area contributed by atoms with Gasteiger partial charge in [-0.2, -0.15) is 13.2 Å². The van der Waals surface area contributed by atoms with Crippen LogP contribution >= 0.6 is 0 Å². The zero-order valence-corrected chi connectivity index (χ0v) is 17.2. The van der Waals surface area contributed by atoms with Gasteiger partial charge < -0.3 is 20.1 Å². The normalized spacial score (nSPS) is 11.9. The number of carbonyl (C=O) groups is 1. The Morgan fingerprint density at radius 2 is 1.86 bits per heavy atom. The molecular formula is C20H30F3N3O3. The van der Waals surface area contributed by atoms with Crippen molar-refractivity contribution in [1.29, 1.82) is 0 Å². The molecule has 1 aromatic rings. The molecule has 0 aliphatic rings. The van der Waals surface area contributed by atoms with Crippen LogP contribution in [-0.4, -0.2) is 45.4 Å². The monoisotopic (exact) mass is 417 g/mol. The molecule has 0 unspecified atom stereocenters. The van der Waals surface area contributed by atoms with E-state index in [4.69, 9.17) is 4.74 Å². The van der Waals surface area contributed by atoms with Gasteiger partial charge in [-0.3, -0.25) is 9.79 Å². The predicted octanol–water partition coefficient (Wildman–Crippen LogP) is 3.72. The number of aryl methyl sites for hydroxylation is 1. The molecule has 0 radical (unpaired) electrons. The summed E-state index contributed by atoms with van der Waals surface area (Å²) in [5.41, 5.74) is 1.44. The Bertz CT molecular complexity index is 664. The van der Waals surface area contributed by atoms with E-state index < -0.39 is 12.8 Å². The number of hydrogen-bond acceptors (Lipinski definition) is 4. The number of esters is 1. The summed E-state index contributed by atoms with van der Waals surface area (Å²) < 4.78 is 46.9. The first-order valence-corrected chi connectivity index (χ1v) is 9.55. The second-order valence-electron chi connectivity index (χ2n) is 6.61. The van der Waals surface area contributed by atoms with Crippen LogP contribution in [0, 0.1) is 6.92 Å². The van der Waals surface area contributed by atoms with Crippen molar-refractivity contribution in [2.45, 2.75) is 51.7 Å². The Morgan fingerprint density at radius 3 is 2.52 bits per heavy atom. The first-order chi connectivity index (χ1) is 13.7. The van der Waals surface area contributed by atoms with Crippen molar-refractivity contribution < 1.29 is 27.4 Å². The molecule has 1 rings (SSSR count). The van der Waals surface area contributed by atoms with Crippen LogP contribution in [0.15, 0.2) is 23.2 Å². The highest BCUT2D eigenvalue weighted by Crippen LogP contribution is 2.23. The summed E-state index contributed by atoms with van der Waals surface area (Å²) >= 11 is 0. The van der Waals surface area contributed by atoms with Crippen LogP contribution in [0.1, 0.15) is 43.2 Å². The minimum absolute atomic E-state index is 0.192. The van der Waals surface area contributed by atoms with Gasteiger partial charge in [0.15, 0.2) is 12.6 Å². The van der Waals surface area contributed by atoms with Crippen molar-refractivity contribution in [2.24, 2.45) is 4.99 Å². The molecule has 164 valence electrons. The van der Waals surface area contributed by atoms with Gasteiger partial charge in [0.05, 0.1) is 7.11 Å². The van der Waals surface area contributed by atoms with Crippen LogP contribution in [0.3, 0.4) is 0 Å². The lowest BCUT2D eigenvalue weighted by molar-refractivity contribution is -0.153. The van der Waals surface area contributed by atoms with Crippen molar-refractivity contribution in [2.75, 3.05) is 27.3 Å². The number of benzene rings is 1. The van der Waals surface area contributed by atoms with Crippen molar-refractivity contribution in [3.63, 3.8) is 0 Å². The van der Waals surface area contributed by atoms with Crippen molar-refractivity contribution in [1.82, 2.24) is 10.6 Å². The Kier molecular flexibility index (Phi) is 10.9. The molecule has 0 saturated heterocycles. The van der Waals surface area contributed by atoms with Gasteiger partial charge in [-0.15, -0.1) is 0 Å². The summed E-state index contributed by atoms with van der Waals surface area (Å²) in [6.45, 7) is 1.45. The molecule has 0 spiro atoms. The van der Waals surface area contributed by atoms with Gasteiger partial charge in [0.1, 0.15) is 5.75 Å². The molecule has 0 aliphatic heterocycles. The lowest BCUT2D eigenvalue weighted by atomic mass is 10.1. The first-order valence-electron chi connectivity index (χ1n) is 9.55. The third-order valence-electron chi connectivity index (χ3n) is 4.11. The average Bonchev–Trinajstić information content (AvgIpc) is 2.68. The van der Waals surface area contributed by atoms with Gasteiger partial charge in [0.2, 0.25) is 0 Å². The number of ether oxygens (including phenoxy) is 2. The molecule has 0 fully saturated rings. The van der Waals surface area contributed by atoms with E-state index in [0.717, 1.165) is 31.2 Å². The van der Waals surface area contributed by atoms with E-state index >= 15 is 0 Å². The summed E-state index contributed by atoms with van der Waals surface area (Å²) in [5, 5.41) is 6.25. The molecule has 1 aromatic carbocycles. The van der Waals surface area contributed by atoms with Gasteiger partial charge in [0, 0.05) is 32.1 Å². The summed E-state index contributed by atoms with van der Waals surface area (Å²) in [4.78, 5) is 15.1. The quantitative estimate of drug-likeness (QED) is 0.249. The lowest BCUT2D eigenvalue weighted by Gasteiger charge is -2.16. The number of nitrogens with one attached hydrogen (secondary N) is 2. The Labute approximate surface area is 169 Å². The maximum Gasteiger partial charge on any atom is 0.422 e. The van der Waals surface area contributed by atoms with Crippen molar-refractivity contribution in [3.8, 4) is 5.75 Å². The van der Waals surface area contributed by atoms with E-state index in [2.05, 4.69) is 20.4 Å². The summed E-state index contributed by atoms with van der Waals surface area (Å²) in [7, 11) is 3.01. The van der Waals surface area contributed by atoms with Crippen LogP contribution < -0.4 is 15.4 Å². The number of aliphatic imine (C=N–C) groups is 1. The number of nitrogens with zero attached hydrogens (tertiary/aromatic N) is 1. The molecule has 0 amide bonds. The number of halogens is 3. The molecule has 6 nitrogen and oxygen atoms in total. The fraction of sp³-hybridized carbons (Fsp3) is 0.600. The number of alkyl halides is 3. The van der Waals surface area contributed by atoms with E-state index in [9.17, 15) is 18.0 Å². The van der Waals surface area contributed by atoms with E-state index in [-0.39, 0.29) is 18.3 Å². The lowest BCUT2D eigenvalue weighted by Crippen LogP contribution is -2.37. The molecule has 29 heavy (non-hydrogen) atoms. The summed E-state index contributed by atoms with van der Waals surface area (Å²) in [6.07, 6.45) is -0.341. The minimum Gasteiger partial charge on any atom is -0.484 e. The van der Waals surface area contributed by atoms with Crippen LogP contribution in [0.25, 0.3) is 0 Å². The average molecular weight is 417 g/mol. The van der Waals surface area contributed by atoms with Gasteiger partial charge >= 0.3 is 12.1 Å². The SMILES string of the molecule is CN=C(NCCCCCCC(=O)OC)NCc1ccc(C)cc1OCC(F)(F)F. The zero-order chi connectivity index (χ0) is 21.7. The smallest absolute Gasteiger partial charge is 0.422 e. The minimum atomic E-state index is -4.39. The van der Waals surface area contributed by atoms with Crippen LogP contribution in [0.4, 0.5) is 13.2 Å². The number of unbranched alkanes of at least 4 members (excludes halogenated alkanes) is 3. The molecule has 0 aromatic heterocycles. The number of hydrogen-bond donors (Lipinski definition) is 2. The van der Waals surface area contributed by atoms with Crippen LogP contribution in [0.5, 0.6) is 5.75 Å². The van der Waals surface area contributed by atoms with Gasteiger partial charge in [-0.05, 0) is 31.4 Å². The highest BCUT2D eigenvalue weighted by Gasteiger charge is 2.28. The summed E-state index contributed by atoms with van der Waals surface area (Å²) in [5.74, 6) is 0.570. The van der Waals surface area contributed by atoms with Gasteiger partial charge in [0.25, 0.3) is 0 Å². The molecule has 0 atom stereocenters. The van der Waals surface area contributed by atoms with Gasteiger partial charge in [-0.25, -0.2) is 0 Å². The fourth-order valence-corrected chi connectivity index (χ4v) is 2.56. The summed E-state index contributed by atoms with van der Waals surface area (Å²) in [6, 6.07) is 5.15. The topological polar surface area (TPSA) is 72.0 Å². The van der Waals surface area contributed by atoms with Gasteiger partial charge in [-0.1, -0.05) is 25.0 Å². The number of rotatable bonds is 11. The standard InChI is InChI=1S/C20H30F3N3O3/c1-15-9-10-16(17(12-15)29-14-20(21,22)23)13-26-19(24-2)25-11-7-5-4-6-8-18(27)28-3/h9-10,12H,4-8,11,13-14H2,1-3H3,(H2,24,25,26). The maximum atomic E-state index is 12.5. The third-order valence-corrected chi connectivity index (χ3v) is 4.11. The third kappa shape index (κ3) is 11.2. The molecule has 0 bridgehead atoms. The van der Waals surface area contributed by atoms with Crippen molar-refractivity contribution >= 4 is 11.9 Å². The zero-order valence-electron chi connectivity index (χ0n) is 17.2. The fourth-order valence-electron chi connectivity index (χ4n) is 2.56. The molecular weight excluding hydrogens is 387 g/mol.